The second-order valence-corrected chi connectivity index (χ2v) is 3.02. The number of ketones is 1. The first kappa shape index (κ1) is 10.6. The van der Waals surface area contributed by atoms with Gasteiger partial charge in [0.2, 0.25) is 0 Å². The zero-order chi connectivity index (χ0) is 10.6. The van der Waals surface area contributed by atoms with Crippen LogP contribution >= 0.6 is 0 Å². The molecule has 1 heterocycles. The Kier molecular flexibility index (Phi) is 3.58. The first-order valence-electron chi connectivity index (χ1n) is 4.27. The number of aliphatic carboxylic acids is 1. The summed E-state index contributed by atoms with van der Waals surface area (Å²) in [6.45, 7) is 0.970. The van der Waals surface area contributed by atoms with E-state index in [4.69, 9.17) is 9.84 Å². The molecule has 0 radical (unpaired) electrons. The molecular weight excluding hydrogens is 190 g/mol. The van der Waals surface area contributed by atoms with Crippen molar-refractivity contribution in [2.75, 3.05) is 13.2 Å². The smallest absolute Gasteiger partial charge is 0.382 e. The van der Waals surface area contributed by atoms with E-state index in [9.17, 15) is 14.4 Å². The van der Waals surface area contributed by atoms with Crippen molar-refractivity contribution in [3.63, 3.8) is 0 Å². The number of carbonyl (C=O) groups excluding carboxylic acids is 2. The van der Waals surface area contributed by atoms with Crippen molar-refractivity contribution in [3.8, 4) is 0 Å². The van der Waals surface area contributed by atoms with Crippen molar-refractivity contribution in [1.29, 1.82) is 0 Å². The molecule has 0 aromatic rings. The fourth-order valence-corrected chi connectivity index (χ4v) is 1.20. The van der Waals surface area contributed by atoms with Crippen molar-refractivity contribution in [2.24, 2.45) is 0 Å². The Morgan fingerprint density at radius 2 is 2.07 bits per heavy atom. The molecule has 78 valence electrons. The summed E-state index contributed by atoms with van der Waals surface area (Å²) in [5, 5.41) is 10.5. The van der Waals surface area contributed by atoms with Gasteiger partial charge in [0, 0.05) is 6.61 Å². The Labute approximate surface area is 80.2 Å². The van der Waals surface area contributed by atoms with Crippen LogP contribution in [0.25, 0.3) is 0 Å². The molecule has 1 aliphatic rings. The Hall–Kier alpha value is -1.43. The van der Waals surface area contributed by atoms with Crippen LogP contribution in [0.2, 0.25) is 0 Å². The fraction of sp³-hybridized carbons (Fsp3) is 0.625. The van der Waals surface area contributed by atoms with Crippen molar-refractivity contribution in [3.05, 3.63) is 0 Å². The minimum absolute atomic E-state index is 0.250. The van der Waals surface area contributed by atoms with Crippen molar-refractivity contribution in [2.45, 2.75) is 18.9 Å². The number of ether oxygens (including phenoxy) is 1. The first-order valence-corrected chi connectivity index (χ1v) is 4.27. The minimum atomic E-state index is -1.74. The molecule has 0 unspecified atom stereocenters. The van der Waals surface area contributed by atoms with Gasteiger partial charge in [0.05, 0.1) is 12.6 Å². The number of hydrogen-bond acceptors (Lipinski definition) is 4. The third-order valence-electron chi connectivity index (χ3n) is 1.90. The average molecular weight is 201 g/mol. The summed E-state index contributed by atoms with van der Waals surface area (Å²) in [5.74, 6) is -4.25. The summed E-state index contributed by atoms with van der Waals surface area (Å²) in [6, 6.07) is -0.250. The van der Waals surface area contributed by atoms with Crippen molar-refractivity contribution < 1.29 is 24.2 Å². The van der Waals surface area contributed by atoms with Gasteiger partial charge in [0.25, 0.3) is 5.91 Å². The summed E-state index contributed by atoms with van der Waals surface area (Å²) in [4.78, 5) is 31.8. The molecule has 2 N–H and O–H groups in total. The molecule has 0 aromatic carbocycles. The highest BCUT2D eigenvalue weighted by Crippen LogP contribution is 2.05. The molecule has 0 spiro atoms. The number of nitrogens with one attached hydrogen (secondary N) is 1. The van der Waals surface area contributed by atoms with Gasteiger partial charge < -0.3 is 15.2 Å². The molecule has 1 aliphatic heterocycles. The summed E-state index contributed by atoms with van der Waals surface area (Å²) in [7, 11) is 0. The maximum atomic E-state index is 11.0. The van der Waals surface area contributed by atoms with Gasteiger partial charge in [-0.3, -0.25) is 9.59 Å². The van der Waals surface area contributed by atoms with Crippen LogP contribution in [0.1, 0.15) is 12.8 Å². The topological polar surface area (TPSA) is 92.7 Å². The van der Waals surface area contributed by atoms with E-state index in [1.54, 1.807) is 0 Å². The largest absolute Gasteiger partial charge is 0.475 e. The Morgan fingerprint density at radius 1 is 1.36 bits per heavy atom. The summed E-state index contributed by atoms with van der Waals surface area (Å²) >= 11 is 0. The van der Waals surface area contributed by atoms with Crippen LogP contribution < -0.4 is 5.32 Å². The highest BCUT2D eigenvalue weighted by molar-refractivity contribution is 6.61. The fourth-order valence-electron chi connectivity index (χ4n) is 1.20. The highest BCUT2D eigenvalue weighted by atomic mass is 16.5. The van der Waals surface area contributed by atoms with Gasteiger partial charge in [-0.2, -0.15) is 0 Å². The van der Waals surface area contributed by atoms with Gasteiger partial charge in [-0.1, -0.05) is 0 Å². The normalized spacial score (nSPS) is 21.3. The second kappa shape index (κ2) is 4.71. The molecule has 0 aliphatic carbocycles. The van der Waals surface area contributed by atoms with E-state index in [-0.39, 0.29) is 6.04 Å². The number of Topliss-reactive ketones (excluding diaryl/α,β-unsaturated/α-hetero) is 1. The first-order chi connectivity index (χ1) is 6.61. The number of rotatable bonds is 3. The molecule has 6 heteroatoms. The van der Waals surface area contributed by atoms with Gasteiger partial charge in [-0.25, -0.2) is 4.79 Å². The van der Waals surface area contributed by atoms with Gasteiger partial charge in [-0.05, 0) is 12.8 Å². The van der Waals surface area contributed by atoms with Crippen molar-refractivity contribution in [1.82, 2.24) is 5.32 Å². The van der Waals surface area contributed by atoms with E-state index in [1.165, 1.54) is 0 Å². The van der Waals surface area contributed by atoms with Crippen LogP contribution in [0.5, 0.6) is 0 Å². The summed E-state index contributed by atoms with van der Waals surface area (Å²) in [5.41, 5.74) is 0. The Bertz CT molecular complexity index is 256. The zero-order valence-electron chi connectivity index (χ0n) is 7.49. The van der Waals surface area contributed by atoms with Crippen LogP contribution in [0, 0.1) is 0 Å². The minimum Gasteiger partial charge on any atom is -0.475 e. The molecular formula is C8H11NO5. The number of hydrogen-bond donors (Lipinski definition) is 2. The number of carboxylic acids is 1. The molecule has 1 atom stereocenters. The van der Waals surface area contributed by atoms with E-state index in [2.05, 4.69) is 5.32 Å². The molecule has 6 nitrogen and oxygen atoms in total. The van der Waals surface area contributed by atoms with Crippen LogP contribution in [0.15, 0.2) is 0 Å². The lowest BCUT2D eigenvalue weighted by atomic mass is 10.1. The number of carbonyl (C=O) groups is 3. The average Bonchev–Trinajstić information content (AvgIpc) is 2.18. The monoisotopic (exact) mass is 201 g/mol. The van der Waals surface area contributed by atoms with Gasteiger partial charge >= 0.3 is 11.8 Å². The predicted octanol–water partition coefficient (Wildman–Crippen LogP) is -1.06. The zero-order valence-corrected chi connectivity index (χ0v) is 7.49. The molecule has 1 fully saturated rings. The van der Waals surface area contributed by atoms with E-state index in [1.807, 2.05) is 0 Å². The lowest BCUT2D eigenvalue weighted by Gasteiger charge is -2.22. The molecule has 1 saturated heterocycles. The van der Waals surface area contributed by atoms with E-state index >= 15 is 0 Å². The Morgan fingerprint density at radius 3 is 2.57 bits per heavy atom. The molecule has 1 rings (SSSR count). The molecule has 1 amide bonds. The van der Waals surface area contributed by atoms with Crippen LogP contribution in [-0.2, 0) is 19.1 Å². The maximum absolute atomic E-state index is 11.0. The number of amides is 1. The van der Waals surface area contributed by atoms with E-state index in [0.717, 1.165) is 6.42 Å². The highest BCUT2D eigenvalue weighted by Gasteiger charge is 2.25. The SMILES string of the molecule is O=C(O)C(=O)C(=O)N[C@H]1CCCOC1. The van der Waals surface area contributed by atoms with Crippen LogP contribution in [-0.4, -0.2) is 42.0 Å². The number of carboxylic acid groups (broad SMARTS) is 1. The summed E-state index contributed by atoms with van der Waals surface area (Å²) < 4.78 is 5.05. The van der Waals surface area contributed by atoms with Crippen LogP contribution in [0.4, 0.5) is 0 Å². The molecule has 0 saturated carbocycles. The lowest BCUT2D eigenvalue weighted by molar-refractivity contribution is -0.153. The van der Waals surface area contributed by atoms with E-state index in [0.29, 0.717) is 19.6 Å². The Balaban J connectivity index is 2.39. The van der Waals surface area contributed by atoms with Gasteiger partial charge in [-0.15, -0.1) is 0 Å². The second-order valence-electron chi connectivity index (χ2n) is 3.02. The molecule has 0 aromatic heterocycles. The third kappa shape index (κ3) is 2.81. The van der Waals surface area contributed by atoms with E-state index < -0.39 is 17.7 Å². The standard InChI is InChI=1S/C8H11NO5/c10-6(8(12)13)7(11)9-5-2-1-3-14-4-5/h5H,1-4H2,(H,9,11)(H,12,13)/t5-/m0/s1. The van der Waals surface area contributed by atoms with Gasteiger partial charge in [0.15, 0.2) is 0 Å². The molecule has 14 heavy (non-hydrogen) atoms. The molecule has 0 bridgehead atoms. The van der Waals surface area contributed by atoms with Crippen molar-refractivity contribution >= 4 is 17.7 Å². The third-order valence-corrected chi connectivity index (χ3v) is 1.90. The quantitative estimate of drug-likeness (QED) is 0.448. The summed E-state index contributed by atoms with van der Waals surface area (Å²) in [6.07, 6.45) is 1.50. The predicted molar refractivity (Wildman–Crippen MR) is 44.6 cm³/mol. The lowest BCUT2D eigenvalue weighted by Crippen LogP contribution is -2.45. The van der Waals surface area contributed by atoms with Crippen LogP contribution in [0.3, 0.4) is 0 Å². The maximum Gasteiger partial charge on any atom is 0.382 e. The van der Waals surface area contributed by atoms with Gasteiger partial charge in [0.1, 0.15) is 0 Å².